The molecule has 34 heavy (non-hydrogen) atoms. The number of hydrogen-bond donors (Lipinski definition) is 2. The summed E-state index contributed by atoms with van der Waals surface area (Å²) in [4.78, 5) is 25.6. The summed E-state index contributed by atoms with van der Waals surface area (Å²) in [5, 5.41) is 6.40. The molecule has 1 heterocycles. The maximum absolute atomic E-state index is 13.0. The summed E-state index contributed by atoms with van der Waals surface area (Å²) < 4.78 is 27.4. The van der Waals surface area contributed by atoms with E-state index in [0.717, 1.165) is 0 Å². The highest BCUT2D eigenvalue weighted by molar-refractivity contribution is 7.88. The van der Waals surface area contributed by atoms with Crippen molar-refractivity contribution >= 4 is 50.7 Å². The second-order valence-corrected chi connectivity index (χ2v) is 11.6. The third kappa shape index (κ3) is 6.95. The smallest absolute Gasteiger partial charge is 0.253 e. The third-order valence-electron chi connectivity index (χ3n) is 5.60. The lowest BCUT2D eigenvalue weighted by atomic mass is 9.98. The van der Waals surface area contributed by atoms with Crippen LogP contribution in [0.5, 0.6) is 0 Å². The number of rotatable bonds is 8. The van der Waals surface area contributed by atoms with E-state index in [0.29, 0.717) is 53.7 Å². The first kappa shape index (κ1) is 26.5. The van der Waals surface area contributed by atoms with Gasteiger partial charge in [0.15, 0.2) is 0 Å². The van der Waals surface area contributed by atoms with Crippen LogP contribution in [-0.2, 0) is 20.6 Å². The van der Waals surface area contributed by atoms with Gasteiger partial charge in [-0.15, -0.1) is 0 Å². The number of halogens is 2. The zero-order valence-electron chi connectivity index (χ0n) is 19.2. The number of carbonyl (C=O) groups is 2. The molecule has 2 aromatic carbocycles. The molecule has 0 aliphatic carbocycles. The Morgan fingerprint density at radius 3 is 2.59 bits per heavy atom. The van der Waals surface area contributed by atoms with Gasteiger partial charge < -0.3 is 10.6 Å². The van der Waals surface area contributed by atoms with Gasteiger partial charge in [0.1, 0.15) is 0 Å². The van der Waals surface area contributed by atoms with Crippen molar-refractivity contribution in [3.05, 3.63) is 63.6 Å². The first-order chi connectivity index (χ1) is 16.1. The Morgan fingerprint density at radius 2 is 1.88 bits per heavy atom. The second kappa shape index (κ2) is 11.5. The summed E-state index contributed by atoms with van der Waals surface area (Å²) >= 11 is 12.1. The Morgan fingerprint density at radius 1 is 1.15 bits per heavy atom. The number of nitrogens with zero attached hydrogens (tertiary/aromatic N) is 1. The lowest BCUT2D eigenvalue weighted by Crippen LogP contribution is -2.44. The molecular formula is C24H29Cl2N3O4S. The molecule has 1 unspecified atom stereocenters. The summed E-state index contributed by atoms with van der Waals surface area (Å²) in [6.45, 7) is 4.93. The van der Waals surface area contributed by atoms with Gasteiger partial charge in [-0.05, 0) is 48.6 Å². The van der Waals surface area contributed by atoms with E-state index in [2.05, 4.69) is 10.6 Å². The number of carbonyl (C=O) groups excluding carboxylic acids is 2. The van der Waals surface area contributed by atoms with E-state index in [1.54, 1.807) is 36.4 Å². The zero-order chi connectivity index (χ0) is 24.9. The monoisotopic (exact) mass is 525 g/mol. The van der Waals surface area contributed by atoms with Crippen LogP contribution in [-0.4, -0.2) is 44.2 Å². The van der Waals surface area contributed by atoms with E-state index < -0.39 is 15.9 Å². The van der Waals surface area contributed by atoms with Crippen molar-refractivity contribution in [2.24, 2.45) is 11.8 Å². The van der Waals surface area contributed by atoms with Crippen molar-refractivity contribution in [2.75, 3.05) is 25.0 Å². The highest BCUT2D eigenvalue weighted by atomic mass is 35.5. The Kier molecular flexibility index (Phi) is 8.98. The predicted molar refractivity (Wildman–Crippen MR) is 136 cm³/mol. The Balaban J connectivity index is 1.68. The number of benzene rings is 2. The molecule has 2 amide bonds. The van der Waals surface area contributed by atoms with E-state index in [4.69, 9.17) is 23.2 Å². The van der Waals surface area contributed by atoms with Crippen molar-refractivity contribution < 1.29 is 18.0 Å². The Labute approximate surface area is 210 Å². The standard InChI is InChI=1S/C24H29Cl2N3O4S/c1-16(2)13-27-24(31)20-7-3-4-8-22(20)28-23(30)17-6-5-11-29(14-17)34(32,33)15-18-9-10-19(25)12-21(18)26/h3-4,7-10,12,16-17H,5-6,11,13-15H2,1-2H3,(H,27,31)(H,28,30). The van der Waals surface area contributed by atoms with Gasteiger partial charge in [0, 0.05) is 29.7 Å². The molecule has 0 saturated carbocycles. The van der Waals surface area contributed by atoms with Gasteiger partial charge in [0.05, 0.1) is 22.9 Å². The molecule has 0 aromatic heterocycles. The van der Waals surface area contributed by atoms with Gasteiger partial charge in [-0.3, -0.25) is 9.59 Å². The van der Waals surface area contributed by atoms with Crippen LogP contribution in [0.15, 0.2) is 42.5 Å². The number of hydrogen-bond acceptors (Lipinski definition) is 4. The molecule has 1 atom stereocenters. The van der Waals surface area contributed by atoms with Gasteiger partial charge in [-0.2, -0.15) is 0 Å². The van der Waals surface area contributed by atoms with Gasteiger partial charge in [-0.1, -0.05) is 55.2 Å². The average molecular weight is 526 g/mol. The molecular weight excluding hydrogens is 497 g/mol. The fourth-order valence-corrected chi connectivity index (χ4v) is 5.95. The van der Waals surface area contributed by atoms with Crippen molar-refractivity contribution in [1.29, 1.82) is 0 Å². The van der Waals surface area contributed by atoms with E-state index in [-0.39, 0.29) is 29.1 Å². The number of piperidine rings is 1. The summed E-state index contributed by atoms with van der Waals surface area (Å²) in [5.41, 5.74) is 1.23. The predicted octanol–water partition coefficient (Wildman–Crippen LogP) is 4.56. The summed E-state index contributed by atoms with van der Waals surface area (Å²) in [6, 6.07) is 11.5. The van der Waals surface area contributed by atoms with E-state index >= 15 is 0 Å². The van der Waals surface area contributed by atoms with Crippen LogP contribution < -0.4 is 10.6 Å². The fourth-order valence-electron chi connectivity index (χ4n) is 3.75. The lowest BCUT2D eigenvalue weighted by Gasteiger charge is -2.31. The number of amides is 2. The minimum atomic E-state index is -3.69. The first-order valence-corrected chi connectivity index (χ1v) is 13.5. The summed E-state index contributed by atoms with van der Waals surface area (Å²) in [6.07, 6.45) is 1.11. The molecule has 7 nitrogen and oxygen atoms in total. The minimum Gasteiger partial charge on any atom is -0.352 e. The molecule has 184 valence electrons. The van der Waals surface area contributed by atoms with Crippen molar-refractivity contribution in [3.63, 3.8) is 0 Å². The number of anilines is 1. The van der Waals surface area contributed by atoms with Crippen molar-refractivity contribution in [2.45, 2.75) is 32.4 Å². The normalized spacial score (nSPS) is 16.9. The maximum Gasteiger partial charge on any atom is 0.253 e. The van der Waals surface area contributed by atoms with Crippen LogP contribution in [0.4, 0.5) is 5.69 Å². The highest BCUT2D eigenvalue weighted by Crippen LogP contribution is 2.27. The molecule has 10 heteroatoms. The summed E-state index contributed by atoms with van der Waals surface area (Å²) in [7, 11) is -3.69. The van der Waals surface area contributed by atoms with Gasteiger partial charge >= 0.3 is 0 Å². The van der Waals surface area contributed by atoms with Crippen molar-refractivity contribution in [1.82, 2.24) is 9.62 Å². The molecule has 0 spiro atoms. The minimum absolute atomic E-state index is 0.0705. The summed E-state index contributed by atoms with van der Waals surface area (Å²) in [5.74, 6) is -1.08. The molecule has 1 aliphatic rings. The van der Waals surface area contributed by atoms with Crippen LogP contribution in [0.1, 0.15) is 42.6 Å². The van der Waals surface area contributed by atoms with Crippen LogP contribution in [0.2, 0.25) is 10.0 Å². The Bertz CT molecular complexity index is 1150. The SMILES string of the molecule is CC(C)CNC(=O)c1ccccc1NC(=O)C1CCCN(S(=O)(=O)Cc2ccc(Cl)cc2Cl)C1. The van der Waals surface area contributed by atoms with Gasteiger partial charge in [-0.25, -0.2) is 12.7 Å². The molecule has 3 rings (SSSR count). The van der Waals surface area contributed by atoms with E-state index in [1.807, 2.05) is 13.8 Å². The molecule has 0 bridgehead atoms. The second-order valence-electron chi connectivity index (χ2n) is 8.83. The van der Waals surface area contributed by atoms with E-state index in [9.17, 15) is 18.0 Å². The fraction of sp³-hybridized carbons (Fsp3) is 0.417. The van der Waals surface area contributed by atoms with Gasteiger partial charge in [0.2, 0.25) is 15.9 Å². The largest absolute Gasteiger partial charge is 0.352 e. The molecule has 2 N–H and O–H groups in total. The van der Waals surface area contributed by atoms with Crippen LogP contribution in [0, 0.1) is 11.8 Å². The van der Waals surface area contributed by atoms with Crippen LogP contribution >= 0.6 is 23.2 Å². The zero-order valence-corrected chi connectivity index (χ0v) is 21.5. The number of nitrogens with one attached hydrogen (secondary N) is 2. The molecule has 1 fully saturated rings. The number of sulfonamides is 1. The maximum atomic E-state index is 13.0. The molecule has 1 saturated heterocycles. The quantitative estimate of drug-likeness (QED) is 0.527. The average Bonchev–Trinajstić information content (AvgIpc) is 2.79. The van der Waals surface area contributed by atoms with Crippen LogP contribution in [0.25, 0.3) is 0 Å². The van der Waals surface area contributed by atoms with E-state index in [1.165, 1.54) is 10.4 Å². The highest BCUT2D eigenvalue weighted by Gasteiger charge is 2.33. The molecule has 0 radical (unpaired) electrons. The van der Waals surface area contributed by atoms with Gasteiger partial charge in [0.25, 0.3) is 5.91 Å². The Hall–Kier alpha value is -2.13. The van der Waals surface area contributed by atoms with Crippen LogP contribution in [0.3, 0.4) is 0 Å². The molecule has 1 aliphatic heterocycles. The lowest BCUT2D eigenvalue weighted by molar-refractivity contribution is -0.120. The topological polar surface area (TPSA) is 95.6 Å². The first-order valence-electron chi connectivity index (χ1n) is 11.2. The molecule has 2 aromatic rings. The number of para-hydroxylation sites is 1. The third-order valence-corrected chi connectivity index (χ3v) is 7.98. The van der Waals surface area contributed by atoms with Crippen molar-refractivity contribution in [3.8, 4) is 0 Å².